The topological polar surface area (TPSA) is 3.24 Å². The van der Waals surface area contributed by atoms with Gasteiger partial charge in [-0.05, 0) is 5.92 Å². The van der Waals surface area contributed by atoms with Crippen molar-refractivity contribution in [1.82, 2.24) is 4.90 Å². The lowest BCUT2D eigenvalue weighted by Crippen LogP contribution is -2.42. The van der Waals surface area contributed by atoms with Crippen LogP contribution in [0.25, 0.3) is 0 Å². The number of halogens is 1. The molecule has 1 rings (SSSR count). The summed E-state index contributed by atoms with van der Waals surface area (Å²) in [5, 5.41) is 2.77. The Bertz CT molecular complexity index is 151. The third kappa shape index (κ3) is 4.11. The fourth-order valence-corrected chi connectivity index (χ4v) is 4.14. The third-order valence-electron chi connectivity index (χ3n) is 2.81. The fourth-order valence-electron chi connectivity index (χ4n) is 2.09. The minimum atomic E-state index is 0.812. The van der Waals surface area contributed by atoms with Gasteiger partial charge in [-0.25, -0.2) is 0 Å². The Morgan fingerprint density at radius 1 is 1.36 bits per heavy atom. The van der Waals surface area contributed by atoms with Gasteiger partial charge in [-0.2, -0.15) is 11.8 Å². The number of rotatable bonds is 4. The normalized spacial score (nSPS) is 31.7. The van der Waals surface area contributed by atoms with Gasteiger partial charge in [-0.1, -0.05) is 43.1 Å². The van der Waals surface area contributed by atoms with E-state index in [2.05, 4.69) is 53.4 Å². The third-order valence-corrected chi connectivity index (χ3v) is 4.95. The highest BCUT2D eigenvalue weighted by Gasteiger charge is 2.23. The Hall–Kier alpha value is 0.790. The quantitative estimate of drug-likeness (QED) is 0.727. The van der Waals surface area contributed by atoms with Crippen molar-refractivity contribution < 1.29 is 0 Å². The number of hydrogen-bond acceptors (Lipinski definition) is 2. The largest absolute Gasteiger partial charge is 0.301 e. The molecule has 0 aromatic carbocycles. The van der Waals surface area contributed by atoms with Gasteiger partial charge in [0, 0.05) is 35.5 Å². The number of hydrogen-bond donors (Lipinski definition) is 0. The summed E-state index contributed by atoms with van der Waals surface area (Å²) in [7, 11) is 0. The lowest BCUT2D eigenvalue weighted by molar-refractivity contribution is 0.235. The Morgan fingerprint density at radius 2 is 1.93 bits per heavy atom. The van der Waals surface area contributed by atoms with Crippen molar-refractivity contribution in [3.63, 3.8) is 0 Å². The highest BCUT2D eigenvalue weighted by atomic mass is 79.9. The highest BCUT2D eigenvalue weighted by Crippen LogP contribution is 2.25. The van der Waals surface area contributed by atoms with Gasteiger partial charge in [0.25, 0.3) is 0 Å². The maximum absolute atomic E-state index is 3.60. The van der Waals surface area contributed by atoms with Crippen LogP contribution in [0.2, 0.25) is 0 Å². The zero-order valence-corrected chi connectivity index (χ0v) is 11.9. The van der Waals surface area contributed by atoms with Crippen molar-refractivity contribution in [3.8, 4) is 0 Å². The van der Waals surface area contributed by atoms with Crippen LogP contribution in [0.3, 0.4) is 0 Å². The first-order valence-electron chi connectivity index (χ1n) is 5.59. The minimum Gasteiger partial charge on any atom is -0.301 e. The zero-order chi connectivity index (χ0) is 10.6. The van der Waals surface area contributed by atoms with E-state index in [0.717, 1.165) is 21.7 Å². The maximum Gasteiger partial charge on any atom is 0.0149 e. The average molecular weight is 280 g/mol. The summed E-state index contributed by atoms with van der Waals surface area (Å²) in [6, 6.07) is 0. The molecule has 0 spiro atoms. The van der Waals surface area contributed by atoms with E-state index in [1.807, 2.05) is 0 Å². The molecular weight excluding hydrogens is 258 g/mol. The summed E-state index contributed by atoms with van der Waals surface area (Å²) in [4.78, 5) is 2.64. The van der Waals surface area contributed by atoms with Gasteiger partial charge in [0.05, 0.1) is 0 Å². The Labute approximate surface area is 101 Å². The SMILES string of the molecule is CCC(CBr)CN1CC(C)SC(C)C1. The summed E-state index contributed by atoms with van der Waals surface area (Å²) in [5.74, 6) is 0.831. The van der Waals surface area contributed by atoms with Crippen LogP contribution in [-0.2, 0) is 0 Å². The van der Waals surface area contributed by atoms with Crippen LogP contribution in [0.1, 0.15) is 27.2 Å². The smallest absolute Gasteiger partial charge is 0.0149 e. The van der Waals surface area contributed by atoms with Crippen molar-refractivity contribution in [2.75, 3.05) is 25.0 Å². The lowest BCUT2D eigenvalue weighted by atomic mass is 10.1. The Morgan fingerprint density at radius 3 is 2.36 bits per heavy atom. The molecule has 0 aliphatic carbocycles. The van der Waals surface area contributed by atoms with E-state index in [1.165, 1.54) is 26.1 Å². The highest BCUT2D eigenvalue weighted by molar-refractivity contribution is 9.09. The molecule has 14 heavy (non-hydrogen) atoms. The molecule has 1 aliphatic heterocycles. The molecule has 3 heteroatoms. The number of nitrogens with zero attached hydrogens (tertiary/aromatic N) is 1. The van der Waals surface area contributed by atoms with Crippen molar-refractivity contribution >= 4 is 27.7 Å². The fraction of sp³-hybridized carbons (Fsp3) is 1.00. The van der Waals surface area contributed by atoms with Crippen molar-refractivity contribution in [2.45, 2.75) is 37.7 Å². The van der Waals surface area contributed by atoms with E-state index in [0.29, 0.717) is 0 Å². The Kier molecular flexibility index (Phi) is 5.87. The molecule has 0 aromatic rings. The van der Waals surface area contributed by atoms with Gasteiger partial charge >= 0.3 is 0 Å². The van der Waals surface area contributed by atoms with Gasteiger partial charge in [-0.15, -0.1) is 0 Å². The molecule has 0 amide bonds. The van der Waals surface area contributed by atoms with Gasteiger partial charge in [0.15, 0.2) is 0 Å². The monoisotopic (exact) mass is 279 g/mol. The van der Waals surface area contributed by atoms with Gasteiger partial charge in [-0.3, -0.25) is 0 Å². The molecule has 1 saturated heterocycles. The second-order valence-electron chi connectivity index (χ2n) is 4.40. The van der Waals surface area contributed by atoms with E-state index >= 15 is 0 Å². The molecular formula is C11H22BrNS. The van der Waals surface area contributed by atoms with Crippen LogP contribution < -0.4 is 0 Å². The summed E-state index contributed by atoms with van der Waals surface area (Å²) < 4.78 is 0. The van der Waals surface area contributed by atoms with E-state index < -0.39 is 0 Å². The van der Waals surface area contributed by atoms with Gasteiger partial charge in [0.1, 0.15) is 0 Å². The summed E-state index contributed by atoms with van der Waals surface area (Å²) in [6.45, 7) is 10.8. The van der Waals surface area contributed by atoms with E-state index in [9.17, 15) is 0 Å². The van der Waals surface area contributed by atoms with E-state index in [4.69, 9.17) is 0 Å². The second-order valence-corrected chi connectivity index (χ2v) is 6.93. The summed E-state index contributed by atoms with van der Waals surface area (Å²) in [6.07, 6.45) is 1.29. The molecule has 0 radical (unpaired) electrons. The molecule has 1 nitrogen and oxygen atoms in total. The van der Waals surface area contributed by atoms with Gasteiger partial charge < -0.3 is 4.90 Å². The molecule has 1 fully saturated rings. The molecule has 3 unspecified atom stereocenters. The molecule has 1 heterocycles. The molecule has 0 aromatic heterocycles. The predicted octanol–water partition coefficient (Wildman–Crippen LogP) is 3.23. The minimum absolute atomic E-state index is 0.812. The predicted molar refractivity (Wildman–Crippen MR) is 70.5 cm³/mol. The van der Waals surface area contributed by atoms with Crippen LogP contribution >= 0.6 is 27.7 Å². The first-order valence-corrected chi connectivity index (χ1v) is 7.65. The average Bonchev–Trinajstić information content (AvgIpc) is 2.12. The van der Waals surface area contributed by atoms with Crippen LogP contribution in [-0.4, -0.2) is 40.4 Å². The summed E-state index contributed by atoms with van der Waals surface area (Å²) >= 11 is 5.74. The Balaban J connectivity index is 2.35. The number of thioether (sulfide) groups is 1. The van der Waals surface area contributed by atoms with E-state index in [-0.39, 0.29) is 0 Å². The summed E-state index contributed by atoms with van der Waals surface area (Å²) in [5.41, 5.74) is 0. The van der Waals surface area contributed by atoms with Crippen molar-refractivity contribution in [2.24, 2.45) is 5.92 Å². The lowest BCUT2D eigenvalue weighted by Gasteiger charge is -2.36. The van der Waals surface area contributed by atoms with E-state index in [1.54, 1.807) is 0 Å². The first kappa shape index (κ1) is 12.9. The zero-order valence-electron chi connectivity index (χ0n) is 9.50. The van der Waals surface area contributed by atoms with Crippen molar-refractivity contribution in [3.05, 3.63) is 0 Å². The standard InChI is InChI=1S/C11H22BrNS/c1-4-11(5-12)8-13-6-9(2)14-10(3)7-13/h9-11H,4-8H2,1-3H3. The van der Waals surface area contributed by atoms with Crippen LogP contribution in [0.5, 0.6) is 0 Å². The van der Waals surface area contributed by atoms with Crippen molar-refractivity contribution in [1.29, 1.82) is 0 Å². The van der Waals surface area contributed by atoms with Crippen LogP contribution in [0.15, 0.2) is 0 Å². The maximum atomic E-state index is 3.60. The van der Waals surface area contributed by atoms with Crippen LogP contribution in [0, 0.1) is 5.92 Å². The molecule has 3 atom stereocenters. The molecule has 1 aliphatic rings. The van der Waals surface area contributed by atoms with Gasteiger partial charge in [0.2, 0.25) is 0 Å². The molecule has 0 bridgehead atoms. The number of alkyl halides is 1. The second kappa shape index (κ2) is 6.39. The van der Waals surface area contributed by atoms with Crippen LogP contribution in [0.4, 0.5) is 0 Å². The first-order chi connectivity index (χ1) is 6.65. The molecule has 0 N–H and O–H groups in total. The molecule has 84 valence electrons. The molecule has 0 saturated carbocycles.